The predicted molar refractivity (Wildman–Crippen MR) is 86.1 cm³/mol. The van der Waals surface area contributed by atoms with Gasteiger partial charge in [0.05, 0.1) is 25.1 Å². The van der Waals surface area contributed by atoms with Crippen molar-refractivity contribution in [2.75, 3.05) is 31.6 Å². The second kappa shape index (κ2) is 7.58. The second-order valence-corrected chi connectivity index (χ2v) is 6.17. The molecule has 22 heavy (non-hydrogen) atoms. The molecule has 0 spiro atoms. The van der Waals surface area contributed by atoms with Gasteiger partial charge in [0.15, 0.2) is 0 Å². The molecular weight excluding hydrogens is 278 g/mol. The summed E-state index contributed by atoms with van der Waals surface area (Å²) in [5.41, 5.74) is 1.54. The first-order valence-corrected chi connectivity index (χ1v) is 8.42. The molecule has 1 saturated carbocycles. The minimum absolute atomic E-state index is 0.00400. The third-order valence-corrected chi connectivity index (χ3v) is 4.51. The lowest BCUT2D eigenvalue weighted by Crippen LogP contribution is -2.41. The zero-order valence-electron chi connectivity index (χ0n) is 13.1. The van der Waals surface area contributed by atoms with Crippen LogP contribution in [0.2, 0.25) is 0 Å². The summed E-state index contributed by atoms with van der Waals surface area (Å²) in [6, 6.07) is 4.35. The zero-order chi connectivity index (χ0) is 15.2. The van der Waals surface area contributed by atoms with Crippen LogP contribution in [0.5, 0.6) is 0 Å². The van der Waals surface area contributed by atoms with Crippen LogP contribution < -0.4 is 5.32 Å². The highest BCUT2D eigenvalue weighted by molar-refractivity contribution is 5.92. The van der Waals surface area contributed by atoms with Crippen LogP contribution in [0.4, 0.5) is 5.69 Å². The standard InChI is InChI=1S/C17H25N3O2/c21-17(20-9-11-22-12-10-20)16-8-7-15(13-18-16)19-14-5-3-1-2-4-6-14/h7-8,13-14,19H,1-6,9-12H2. The Labute approximate surface area is 132 Å². The molecule has 1 aliphatic heterocycles. The fourth-order valence-corrected chi connectivity index (χ4v) is 3.19. The highest BCUT2D eigenvalue weighted by Gasteiger charge is 2.19. The zero-order valence-corrected chi connectivity index (χ0v) is 13.1. The smallest absolute Gasteiger partial charge is 0.272 e. The molecule has 5 nitrogen and oxygen atoms in total. The molecule has 0 unspecified atom stereocenters. The van der Waals surface area contributed by atoms with Crippen LogP contribution in [0.3, 0.4) is 0 Å². The van der Waals surface area contributed by atoms with Gasteiger partial charge < -0.3 is 15.0 Å². The number of rotatable bonds is 3. The first-order valence-electron chi connectivity index (χ1n) is 8.42. The molecule has 0 radical (unpaired) electrons. The molecule has 2 heterocycles. The number of anilines is 1. The van der Waals surface area contributed by atoms with Gasteiger partial charge in [0.2, 0.25) is 0 Å². The summed E-state index contributed by atoms with van der Waals surface area (Å²) >= 11 is 0. The van der Waals surface area contributed by atoms with E-state index in [2.05, 4.69) is 10.3 Å². The van der Waals surface area contributed by atoms with E-state index in [9.17, 15) is 4.79 Å². The number of carbonyl (C=O) groups excluding carboxylic acids is 1. The molecule has 120 valence electrons. The van der Waals surface area contributed by atoms with Gasteiger partial charge in [-0.15, -0.1) is 0 Å². The SMILES string of the molecule is O=C(c1ccc(NC2CCCCCC2)cn1)N1CCOCC1. The van der Waals surface area contributed by atoms with Gasteiger partial charge in [-0.2, -0.15) is 0 Å². The molecule has 1 N–H and O–H groups in total. The van der Waals surface area contributed by atoms with Crippen molar-refractivity contribution in [3.05, 3.63) is 24.0 Å². The summed E-state index contributed by atoms with van der Waals surface area (Å²) in [5.74, 6) is 0.00400. The van der Waals surface area contributed by atoms with E-state index in [1.165, 1.54) is 38.5 Å². The number of nitrogens with zero attached hydrogens (tertiary/aromatic N) is 2. The number of morpholine rings is 1. The number of pyridine rings is 1. The lowest BCUT2D eigenvalue weighted by atomic mass is 10.1. The van der Waals surface area contributed by atoms with Crippen LogP contribution in [0.25, 0.3) is 0 Å². The van der Waals surface area contributed by atoms with Gasteiger partial charge in [-0.1, -0.05) is 25.7 Å². The van der Waals surface area contributed by atoms with Crippen molar-refractivity contribution in [1.82, 2.24) is 9.88 Å². The molecule has 1 saturated heterocycles. The lowest BCUT2D eigenvalue weighted by molar-refractivity contribution is 0.0299. The Bertz CT molecular complexity index is 475. The lowest BCUT2D eigenvalue weighted by Gasteiger charge is -2.26. The van der Waals surface area contributed by atoms with Crippen LogP contribution in [-0.2, 0) is 4.74 Å². The van der Waals surface area contributed by atoms with E-state index in [0.29, 0.717) is 38.0 Å². The monoisotopic (exact) mass is 303 g/mol. The van der Waals surface area contributed by atoms with Crippen molar-refractivity contribution in [3.63, 3.8) is 0 Å². The van der Waals surface area contributed by atoms with Crippen molar-refractivity contribution in [2.45, 2.75) is 44.6 Å². The van der Waals surface area contributed by atoms with Crippen LogP contribution in [-0.4, -0.2) is 48.1 Å². The van der Waals surface area contributed by atoms with Gasteiger partial charge in [0.1, 0.15) is 5.69 Å². The van der Waals surface area contributed by atoms with E-state index in [-0.39, 0.29) is 5.91 Å². The molecule has 1 aliphatic carbocycles. The summed E-state index contributed by atoms with van der Waals surface area (Å²) in [4.78, 5) is 18.5. The van der Waals surface area contributed by atoms with E-state index in [1.807, 2.05) is 17.0 Å². The Morgan fingerprint density at radius 3 is 2.50 bits per heavy atom. The van der Waals surface area contributed by atoms with Gasteiger partial charge in [0, 0.05) is 19.1 Å². The average Bonchev–Trinajstić information content (AvgIpc) is 2.84. The normalized spacial score (nSPS) is 20.5. The van der Waals surface area contributed by atoms with Crippen molar-refractivity contribution in [1.29, 1.82) is 0 Å². The van der Waals surface area contributed by atoms with Crippen LogP contribution in [0.1, 0.15) is 49.0 Å². The van der Waals surface area contributed by atoms with Gasteiger partial charge in [-0.3, -0.25) is 4.79 Å². The molecule has 0 bridgehead atoms. The molecule has 2 aliphatic rings. The van der Waals surface area contributed by atoms with Crippen LogP contribution >= 0.6 is 0 Å². The Kier molecular flexibility index (Phi) is 5.27. The molecule has 3 rings (SSSR count). The van der Waals surface area contributed by atoms with E-state index >= 15 is 0 Å². The highest BCUT2D eigenvalue weighted by Crippen LogP contribution is 2.21. The second-order valence-electron chi connectivity index (χ2n) is 6.17. The van der Waals surface area contributed by atoms with Gasteiger partial charge in [-0.05, 0) is 25.0 Å². The van der Waals surface area contributed by atoms with E-state index < -0.39 is 0 Å². The summed E-state index contributed by atoms with van der Waals surface area (Å²) < 4.78 is 5.28. The number of aromatic nitrogens is 1. The Balaban J connectivity index is 1.58. The van der Waals surface area contributed by atoms with Gasteiger partial charge >= 0.3 is 0 Å². The number of nitrogens with one attached hydrogen (secondary N) is 1. The fourth-order valence-electron chi connectivity index (χ4n) is 3.19. The predicted octanol–water partition coefficient (Wildman–Crippen LogP) is 2.69. The summed E-state index contributed by atoms with van der Waals surface area (Å²) in [7, 11) is 0. The first kappa shape index (κ1) is 15.3. The summed E-state index contributed by atoms with van der Waals surface area (Å²) in [6.45, 7) is 2.55. The average molecular weight is 303 g/mol. The highest BCUT2D eigenvalue weighted by atomic mass is 16.5. The molecule has 0 atom stereocenters. The molecule has 5 heteroatoms. The van der Waals surface area contributed by atoms with Crippen molar-refractivity contribution in [2.24, 2.45) is 0 Å². The fraction of sp³-hybridized carbons (Fsp3) is 0.647. The largest absolute Gasteiger partial charge is 0.381 e. The third kappa shape index (κ3) is 3.97. The Morgan fingerprint density at radius 1 is 1.14 bits per heavy atom. The molecule has 0 aromatic carbocycles. The molecule has 1 aromatic rings. The summed E-state index contributed by atoms with van der Waals surface area (Å²) in [5, 5.41) is 3.56. The van der Waals surface area contributed by atoms with Crippen molar-refractivity contribution in [3.8, 4) is 0 Å². The van der Waals surface area contributed by atoms with Crippen molar-refractivity contribution < 1.29 is 9.53 Å². The maximum absolute atomic E-state index is 12.3. The number of hydrogen-bond donors (Lipinski definition) is 1. The van der Waals surface area contributed by atoms with E-state index in [0.717, 1.165) is 5.69 Å². The number of hydrogen-bond acceptors (Lipinski definition) is 4. The minimum Gasteiger partial charge on any atom is -0.381 e. The van der Waals surface area contributed by atoms with Crippen molar-refractivity contribution >= 4 is 11.6 Å². The number of ether oxygens (including phenoxy) is 1. The topological polar surface area (TPSA) is 54.5 Å². The quantitative estimate of drug-likeness (QED) is 0.872. The molecule has 1 aromatic heterocycles. The maximum atomic E-state index is 12.3. The minimum atomic E-state index is 0.00400. The third-order valence-electron chi connectivity index (χ3n) is 4.51. The molecule has 2 fully saturated rings. The Morgan fingerprint density at radius 2 is 1.86 bits per heavy atom. The Hall–Kier alpha value is -1.62. The number of carbonyl (C=O) groups is 1. The number of amides is 1. The van der Waals surface area contributed by atoms with Gasteiger partial charge in [0.25, 0.3) is 5.91 Å². The molecule has 1 amide bonds. The van der Waals surface area contributed by atoms with Gasteiger partial charge in [-0.25, -0.2) is 4.98 Å². The molecular formula is C17H25N3O2. The maximum Gasteiger partial charge on any atom is 0.272 e. The van der Waals surface area contributed by atoms with E-state index in [4.69, 9.17) is 4.74 Å². The van der Waals surface area contributed by atoms with E-state index in [1.54, 1.807) is 6.20 Å². The van der Waals surface area contributed by atoms with Crippen LogP contribution in [0, 0.1) is 0 Å². The summed E-state index contributed by atoms with van der Waals surface area (Å²) in [6.07, 6.45) is 9.56. The first-order chi connectivity index (χ1) is 10.8. The van der Waals surface area contributed by atoms with Crippen LogP contribution in [0.15, 0.2) is 18.3 Å².